The predicted octanol–water partition coefficient (Wildman–Crippen LogP) is 4.26. The average molecular weight is 453 g/mol. The highest BCUT2D eigenvalue weighted by atomic mass is 35.5. The number of hydrogen-bond acceptors (Lipinski definition) is 6. The maximum Gasteiger partial charge on any atom is 0.323 e. The monoisotopic (exact) mass is 452 g/mol. The molecule has 0 spiro atoms. The van der Waals surface area contributed by atoms with E-state index >= 15 is 0 Å². The van der Waals surface area contributed by atoms with E-state index in [1.807, 2.05) is 62.4 Å². The van der Waals surface area contributed by atoms with Crippen molar-refractivity contribution in [2.24, 2.45) is 5.92 Å². The minimum absolute atomic E-state index is 0.259. The predicted molar refractivity (Wildman–Crippen MR) is 123 cm³/mol. The van der Waals surface area contributed by atoms with E-state index in [1.165, 1.54) is 14.2 Å². The number of halogens is 1. The van der Waals surface area contributed by atoms with Crippen LogP contribution in [0.15, 0.2) is 48.5 Å². The number of hydrogen-bond donors (Lipinski definition) is 1. The number of carbonyl (C=O) groups is 2. The van der Waals surface area contributed by atoms with Gasteiger partial charge in [0.05, 0.1) is 25.7 Å². The molecule has 4 rings (SSSR count). The molecular formula is C25H25ClN2O4. The fourth-order valence-corrected chi connectivity index (χ4v) is 4.94. The Morgan fingerprint density at radius 1 is 0.969 bits per heavy atom. The summed E-state index contributed by atoms with van der Waals surface area (Å²) in [5, 5.41) is 4.50. The van der Waals surface area contributed by atoms with Gasteiger partial charge in [-0.25, -0.2) is 4.98 Å². The van der Waals surface area contributed by atoms with E-state index in [1.54, 1.807) is 0 Å². The van der Waals surface area contributed by atoms with Gasteiger partial charge in [-0.1, -0.05) is 54.1 Å². The summed E-state index contributed by atoms with van der Waals surface area (Å²) in [7, 11) is 2.68. The summed E-state index contributed by atoms with van der Waals surface area (Å²) >= 11 is 6.68. The number of pyridine rings is 1. The molecule has 6 nitrogen and oxygen atoms in total. The Bertz CT molecular complexity index is 1180. The maximum atomic E-state index is 13.1. The molecule has 0 unspecified atom stereocenters. The zero-order valence-electron chi connectivity index (χ0n) is 18.4. The molecule has 1 N–H and O–H groups in total. The molecule has 3 aromatic rings. The van der Waals surface area contributed by atoms with Gasteiger partial charge >= 0.3 is 11.9 Å². The van der Waals surface area contributed by atoms with Gasteiger partial charge in [0.1, 0.15) is 11.2 Å². The summed E-state index contributed by atoms with van der Waals surface area (Å²) in [5.41, 5.74) is 4.32. The van der Waals surface area contributed by atoms with Crippen molar-refractivity contribution in [2.75, 3.05) is 14.2 Å². The smallest absolute Gasteiger partial charge is 0.323 e. The van der Waals surface area contributed by atoms with Crippen LogP contribution in [0.1, 0.15) is 34.2 Å². The molecule has 7 heteroatoms. The van der Waals surface area contributed by atoms with Crippen LogP contribution in [0.4, 0.5) is 0 Å². The molecule has 2 heterocycles. The quantitative estimate of drug-likeness (QED) is 0.470. The molecule has 0 amide bonds. The first kappa shape index (κ1) is 22.2. The number of methoxy groups -OCH3 is 2. The number of nitrogens with zero attached hydrogens (tertiary/aromatic N) is 1. The molecule has 32 heavy (non-hydrogen) atoms. The first-order chi connectivity index (χ1) is 15.4. The number of ether oxygens (including phenoxy) is 2. The lowest BCUT2D eigenvalue weighted by molar-refractivity contribution is -0.146. The van der Waals surface area contributed by atoms with E-state index in [0.29, 0.717) is 5.56 Å². The highest BCUT2D eigenvalue weighted by Gasteiger charge is 2.52. The molecule has 0 saturated carbocycles. The second-order valence-corrected chi connectivity index (χ2v) is 8.45. The van der Waals surface area contributed by atoms with E-state index in [0.717, 1.165) is 27.6 Å². The molecule has 0 radical (unpaired) electrons. The highest BCUT2D eigenvalue weighted by molar-refractivity contribution is 6.30. The maximum absolute atomic E-state index is 13.1. The van der Waals surface area contributed by atoms with E-state index < -0.39 is 35.9 Å². The van der Waals surface area contributed by atoms with Crippen LogP contribution in [0.2, 0.25) is 5.15 Å². The molecule has 0 aliphatic carbocycles. The summed E-state index contributed by atoms with van der Waals surface area (Å²) < 4.78 is 10.3. The number of fused-ring (bicyclic) bond motifs is 1. The molecule has 1 aromatic heterocycles. The molecule has 1 aliphatic heterocycles. The Hall–Kier alpha value is -2.96. The van der Waals surface area contributed by atoms with Crippen LogP contribution in [0, 0.1) is 19.8 Å². The zero-order valence-corrected chi connectivity index (χ0v) is 19.1. The van der Waals surface area contributed by atoms with Crippen molar-refractivity contribution < 1.29 is 19.1 Å². The van der Waals surface area contributed by atoms with Gasteiger partial charge in [-0.05, 0) is 42.2 Å². The Labute approximate surface area is 191 Å². The van der Waals surface area contributed by atoms with Gasteiger partial charge in [-0.2, -0.15) is 0 Å². The zero-order chi connectivity index (χ0) is 23.0. The van der Waals surface area contributed by atoms with Gasteiger partial charge in [0.25, 0.3) is 0 Å². The van der Waals surface area contributed by atoms with Crippen LogP contribution in [-0.4, -0.2) is 37.2 Å². The number of benzene rings is 2. The number of aryl methyl sites for hydroxylation is 2. The van der Waals surface area contributed by atoms with Crippen molar-refractivity contribution in [1.82, 2.24) is 10.3 Å². The second kappa shape index (κ2) is 8.88. The standard InChI is InChI=1S/C25H25ClN2O4/c1-13-10-11-14(2)20-16(13)12-17(23(26)28-20)18-19(24(29)31-3)21(15-8-6-5-7-9-15)27-22(18)25(30)32-4/h5-12,18-19,21-22,27H,1-4H3/t18-,19-,21-,22-/m0/s1. The first-order valence-electron chi connectivity index (χ1n) is 10.4. The van der Waals surface area contributed by atoms with Crippen molar-refractivity contribution in [2.45, 2.75) is 31.8 Å². The highest BCUT2D eigenvalue weighted by Crippen LogP contribution is 2.46. The number of carbonyl (C=O) groups excluding carboxylic acids is 2. The lowest BCUT2D eigenvalue weighted by Crippen LogP contribution is -2.37. The summed E-state index contributed by atoms with van der Waals surface area (Å²) in [4.78, 5) is 30.5. The summed E-state index contributed by atoms with van der Waals surface area (Å²) in [5.74, 6) is -2.22. The fourth-order valence-electron chi connectivity index (χ4n) is 4.67. The van der Waals surface area contributed by atoms with Gasteiger partial charge < -0.3 is 9.47 Å². The van der Waals surface area contributed by atoms with Gasteiger partial charge in [0.2, 0.25) is 0 Å². The first-order valence-corrected chi connectivity index (χ1v) is 10.8. The molecule has 2 aromatic carbocycles. The van der Waals surface area contributed by atoms with Crippen LogP contribution >= 0.6 is 11.6 Å². The molecule has 1 aliphatic rings. The SMILES string of the molecule is COC(=O)[C@H]1[C@H](c2cc3c(C)ccc(C)c3nc2Cl)[C@@H](C(=O)OC)N[C@H]1c1ccccc1. The Morgan fingerprint density at radius 2 is 1.62 bits per heavy atom. The topological polar surface area (TPSA) is 77.5 Å². The number of aromatic nitrogens is 1. The number of nitrogens with one attached hydrogen (secondary N) is 1. The van der Waals surface area contributed by atoms with Gasteiger partial charge in [-0.3, -0.25) is 14.9 Å². The Balaban J connectivity index is 1.94. The molecule has 166 valence electrons. The van der Waals surface area contributed by atoms with Crippen molar-refractivity contribution in [3.8, 4) is 0 Å². The summed E-state index contributed by atoms with van der Waals surface area (Å²) in [6.45, 7) is 3.97. The second-order valence-electron chi connectivity index (χ2n) is 8.09. The average Bonchev–Trinajstić information content (AvgIpc) is 3.21. The van der Waals surface area contributed by atoms with Crippen LogP contribution in [0.25, 0.3) is 10.9 Å². The third-order valence-electron chi connectivity index (χ3n) is 6.30. The van der Waals surface area contributed by atoms with Gasteiger partial charge in [0, 0.05) is 17.3 Å². The van der Waals surface area contributed by atoms with Gasteiger partial charge in [-0.15, -0.1) is 0 Å². The fraction of sp³-hybridized carbons (Fsp3) is 0.320. The number of rotatable bonds is 4. The third-order valence-corrected chi connectivity index (χ3v) is 6.60. The third kappa shape index (κ3) is 3.74. The Kier molecular flexibility index (Phi) is 6.17. The lowest BCUT2D eigenvalue weighted by atomic mass is 9.80. The Morgan fingerprint density at radius 3 is 2.28 bits per heavy atom. The van der Waals surface area contributed by atoms with E-state index in [4.69, 9.17) is 21.1 Å². The van der Waals surface area contributed by atoms with E-state index in [9.17, 15) is 9.59 Å². The van der Waals surface area contributed by atoms with Crippen LogP contribution in [0.5, 0.6) is 0 Å². The molecule has 1 fully saturated rings. The van der Waals surface area contributed by atoms with Crippen molar-refractivity contribution >= 4 is 34.4 Å². The minimum Gasteiger partial charge on any atom is -0.469 e. The molecule has 0 bridgehead atoms. The summed E-state index contributed by atoms with van der Waals surface area (Å²) in [6.07, 6.45) is 0. The molecular weight excluding hydrogens is 428 g/mol. The van der Waals surface area contributed by atoms with Crippen molar-refractivity contribution in [3.05, 3.63) is 75.9 Å². The minimum atomic E-state index is -0.795. The van der Waals surface area contributed by atoms with E-state index in [2.05, 4.69) is 10.3 Å². The molecule has 1 saturated heterocycles. The van der Waals surface area contributed by atoms with Crippen LogP contribution in [-0.2, 0) is 19.1 Å². The summed E-state index contributed by atoms with van der Waals surface area (Å²) in [6, 6.07) is 14.2. The van der Waals surface area contributed by atoms with E-state index in [-0.39, 0.29) is 5.15 Å². The van der Waals surface area contributed by atoms with Gasteiger partial charge in [0.15, 0.2) is 0 Å². The van der Waals surface area contributed by atoms with Crippen LogP contribution in [0.3, 0.4) is 0 Å². The van der Waals surface area contributed by atoms with Crippen molar-refractivity contribution in [3.63, 3.8) is 0 Å². The lowest BCUT2D eigenvalue weighted by Gasteiger charge is -2.24. The van der Waals surface area contributed by atoms with Crippen molar-refractivity contribution in [1.29, 1.82) is 0 Å². The molecule has 4 atom stereocenters. The van der Waals surface area contributed by atoms with Crippen LogP contribution < -0.4 is 5.32 Å². The largest absolute Gasteiger partial charge is 0.469 e. The normalized spacial score (nSPS) is 22.7. The number of esters is 2.